The summed E-state index contributed by atoms with van der Waals surface area (Å²) in [6.07, 6.45) is 5.69. The van der Waals surface area contributed by atoms with E-state index in [-0.39, 0.29) is 17.7 Å². The molecule has 1 atom stereocenters. The van der Waals surface area contributed by atoms with E-state index in [1.165, 1.54) is 11.3 Å². The number of likely N-dealkylation sites (tertiary alicyclic amines) is 1. The third-order valence-electron chi connectivity index (χ3n) is 5.97. The number of benzene rings is 1. The summed E-state index contributed by atoms with van der Waals surface area (Å²) in [6.45, 7) is 1.71. The van der Waals surface area contributed by atoms with Crippen LogP contribution in [-0.4, -0.2) is 44.0 Å². The average molecular weight is 429 g/mol. The van der Waals surface area contributed by atoms with E-state index >= 15 is 0 Å². The van der Waals surface area contributed by atoms with Crippen LogP contribution in [0.3, 0.4) is 0 Å². The number of amides is 2. The third-order valence-corrected chi connectivity index (χ3v) is 7.20. The number of aryl methyl sites for hydroxylation is 1. The minimum absolute atomic E-state index is 0.0146. The average Bonchev–Trinajstić information content (AvgIpc) is 3.22. The lowest BCUT2D eigenvalue weighted by Gasteiger charge is -2.26. The zero-order chi connectivity index (χ0) is 21.1. The van der Waals surface area contributed by atoms with Crippen molar-refractivity contribution in [1.29, 1.82) is 0 Å². The lowest BCUT2D eigenvalue weighted by molar-refractivity contribution is -0.120. The van der Waals surface area contributed by atoms with Gasteiger partial charge in [0.2, 0.25) is 5.91 Å². The summed E-state index contributed by atoms with van der Waals surface area (Å²) in [5, 5.41) is 3.00. The molecule has 2 amide bonds. The number of carbonyl (C=O) groups is 2. The van der Waals surface area contributed by atoms with Gasteiger partial charge in [0, 0.05) is 30.0 Å². The lowest BCUT2D eigenvalue weighted by atomic mass is 9.87. The standard InChI is InChI=1S/C23H28N2O4S/c1-28-17-7-8-18(19(14-17)29-2)24-22(26)15-6-9-20-16(12-15)13-21(30-20)23(27)25-10-4-3-5-11-25/h7-8,13-15H,3-6,9-12H2,1-2H3,(H,24,26)/t15-/m1/s1. The Kier molecular flexibility index (Phi) is 6.27. The number of ether oxygens (including phenoxy) is 2. The minimum atomic E-state index is -0.114. The van der Waals surface area contributed by atoms with E-state index < -0.39 is 0 Å². The van der Waals surface area contributed by atoms with Gasteiger partial charge in [-0.2, -0.15) is 0 Å². The first kappa shape index (κ1) is 20.7. The molecule has 0 radical (unpaired) electrons. The molecule has 2 heterocycles. The van der Waals surface area contributed by atoms with E-state index in [1.54, 1.807) is 43.8 Å². The molecule has 0 saturated carbocycles. The fourth-order valence-electron chi connectivity index (χ4n) is 4.24. The molecule has 30 heavy (non-hydrogen) atoms. The Bertz CT molecular complexity index is 933. The van der Waals surface area contributed by atoms with Crippen molar-refractivity contribution in [3.05, 3.63) is 39.6 Å². The number of carbonyl (C=O) groups excluding carboxylic acids is 2. The van der Waals surface area contributed by atoms with Gasteiger partial charge in [0.05, 0.1) is 24.8 Å². The first-order chi connectivity index (χ1) is 14.6. The molecule has 4 rings (SSSR count). The van der Waals surface area contributed by atoms with Gasteiger partial charge in [0.1, 0.15) is 11.5 Å². The summed E-state index contributed by atoms with van der Waals surface area (Å²) in [5.74, 6) is 1.27. The maximum Gasteiger partial charge on any atom is 0.263 e. The number of thiophene rings is 1. The van der Waals surface area contributed by atoms with Crippen LogP contribution in [0.1, 0.15) is 45.8 Å². The normalized spacial score (nSPS) is 18.5. The Labute approximate surface area is 181 Å². The van der Waals surface area contributed by atoms with E-state index in [4.69, 9.17) is 9.47 Å². The molecule has 1 saturated heterocycles. The largest absolute Gasteiger partial charge is 0.497 e. The molecule has 1 aliphatic carbocycles. The highest BCUT2D eigenvalue weighted by Gasteiger charge is 2.29. The van der Waals surface area contributed by atoms with Gasteiger partial charge >= 0.3 is 0 Å². The van der Waals surface area contributed by atoms with Gasteiger partial charge in [0.25, 0.3) is 5.91 Å². The van der Waals surface area contributed by atoms with Crippen molar-refractivity contribution < 1.29 is 19.1 Å². The van der Waals surface area contributed by atoms with Crippen molar-refractivity contribution in [2.45, 2.75) is 38.5 Å². The molecule has 2 aromatic rings. The van der Waals surface area contributed by atoms with Crippen molar-refractivity contribution in [2.75, 3.05) is 32.6 Å². The lowest BCUT2D eigenvalue weighted by Crippen LogP contribution is -2.35. The van der Waals surface area contributed by atoms with Crippen molar-refractivity contribution in [3.8, 4) is 11.5 Å². The Morgan fingerprint density at radius 3 is 2.63 bits per heavy atom. The Morgan fingerprint density at radius 1 is 1.10 bits per heavy atom. The van der Waals surface area contributed by atoms with Crippen LogP contribution in [0.4, 0.5) is 5.69 Å². The number of nitrogens with one attached hydrogen (secondary N) is 1. The third kappa shape index (κ3) is 4.31. The van der Waals surface area contributed by atoms with Gasteiger partial charge < -0.3 is 19.7 Å². The summed E-state index contributed by atoms with van der Waals surface area (Å²) in [6, 6.07) is 7.37. The number of anilines is 1. The van der Waals surface area contributed by atoms with Crippen molar-refractivity contribution in [1.82, 2.24) is 4.90 Å². The summed E-state index contributed by atoms with van der Waals surface area (Å²) >= 11 is 1.61. The second kappa shape index (κ2) is 9.08. The number of hydrogen-bond acceptors (Lipinski definition) is 5. The highest BCUT2D eigenvalue weighted by molar-refractivity contribution is 7.14. The molecule has 7 heteroatoms. The molecule has 2 aliphatic rings. The second-order valence-corrected chi connectivity index (χ2v) is 9.04. The fraction of sp³-hybridized carbons (Fsp3) is 0.478. The highest BCUT2D eigenvalue weighted by Crippen LogP contribution is 2.35. The van der Waals surface area contributed by atoms with Crippen LogP contribution in [-0.2, 0) is 17.6 Å². The van der Waals surface area contributed by atoms with Gasteiger partial charge in [-0.05, 0) is 62.3 Å². The topological polar surface area (TPSA) is 67.9 Å². The predicted molar refractivity (Wildman–Crippen MR) is 118 cm³/mol. The van der Waals surface area contributed by atoms with E-state index in [0.29, 0.717) is 23.6 Å². The molecular formula is C23H28N2O4S. The first-order valence-electron chi connectivity index (χ1n) is 10.5. The monoisotopic (exact) mass is 428 g/mol. The van der Waals surface area contributed by atoms with Gasteiger partial charge in [-0.3, -0.25) is 9.59 Å². The zero-order valence-electron chi connectivity index (χ0n) is 17.5. The number of piperidine rings is 1. The van der Waals surface area contributed by atoms with Crippen LogP contribution in [0.5, 0.6) is 11.5 Å². The Hall–Kier alpha value is -2.54. The molecular weight excluding hydrogens is 400 g/mol. The van der Waals surface area contributed by atoms with Gasteiger partial charge in [-0.15, -0.1) is 11.3 Å². The number of methoxy groups -OCH3 is 2. The van der Waals surface area contributed by atoms with Crippen molar-refractivity contribution in [3.63, 3.8) is 0 Å². The molecule has 6 nitrogen and oxygen atoms in total. The molecule has 160 valence electrons. The van der Waals surface area contributed by atoms with Gasteiger partial charge in [0.15, 0.2) is 0 Å². The molecule has 0 bridgehead atoms. The van der Waals surface area contributed by atoms with Gasteiger partial charge in [-0.25, -0.2) is 0 Å². The van der Waals surface area contributed by atoms with Crippen molar-refractivity contribution >= 4 is 28.8 Å². The smallest absolute Gasteiger partial charge is 0.263 e. The molecule has 0 spiro atoms. The molecule has 1 aromatic heterocycles. The molecule has 1 fully saturated rings. The van der Waals surface area contributed by atoms with Crippen LogP contribution in [0, 0.1) is 5.92 Å². The maximum atomic E-state index is 12.9. The van der Waals surface area contributed by atoms with Gasteiger partial charge in [-0.1, -0.05) is 0 Å². The molecule has 1 aliphatic heterocycles. The van der Waals surface area contributed by atoms with Crippen LogP contribution in [0.2, 0.25) is 0 Å². The van der Waals surface area contributed by atoms with Crippen LogP contribution in [0.15, 0.2) is 24.3 Å². The number of fused-ring (bicyclic) bond motifs is 1. The Balaban J connectivity index is 1.43. The van der Waals surface area contributed by atoms with Crippen molar-refractivity contribution in [2.24, 2.45) is 5.92 Å². The summed E-state index contributed by atoms with van der Waals surface area (Å²) < 4.78 is 10.6. The minimum Gasteiger partial charge on any atom is -0.497 e. The zero-order valence-corrected chi connectivity index (χ0v) is 18.3. The fourth-order valence-corrected chi connectivity index (χ4v) is 5.42. The van der Waals surface area contributed by atoms with Crippen LogP contribution < -0.4 is 14.8 Å². The summed E-state index contributed by atoms with van der Waals surface area (Å²) in [4.78, 5) is 29.8. The van der Waals surface area contributed by atoms with Crippen LogP contribution >= 0.6 is 11.3 Å². The molecule has 1 N–H and O–H groups in total. The highest BCUT2D eigenvalue weighted by atomic mass is 32.1. The van der Waals surface area contributed by atoms with E-state index in [2.05, 4.69) is 5.32 Å². The predicted octanol–water partition coefficient (Wildman–Crippen LogP) is 4.14. The molecule has 1 aromatic carbocycles. The van der Waals surface area contributed by atoms with E-state index in [1.807, 2.05) is 11.0 Å². The number of hydrogen-bond donors (Lipinski definition) is 1. The Morgan fingerprint density at radius 2 is 1.90 bits per heavy atom. The summed E-state index contributed by atoms with van der Waals surface area (Å²) in [7, 11) is 3.17. The number of rotatable bonds is 5. The second-order valence-electron chi connectivity index (χ2n) is 7.91. The first-order valence-corrected chi connectivity index (χ1v) is 11.3. The SMILES string of the molecule is COc1ccc(NC(=O)[C@@H]2CCc3sc(C(=O)N4CCCCC4)cc3C2)c(OC)c1. The van der Waals surface area contributed by atoms with E-state index in [0.717, 1.165) is 49.2 Å². The summed E-state index contributed by atoms with van der Waals surface area (Å²) in [5.41, 5.74) is 1.79. The maximum absolute atomic E-state index is 12.9. The molecule has 0 unspecified atom stereocenters. The number of nitrogens with zero attached hydrogens (tertiary/aromatic N) is 1. The van der Waals surface area contributed by atoms with E-state index in [9.17, 15) is 9.59 Å². The quantitative estimate of drug-likeness (QED) is 0.777. The van der Waals surface area contributed by atoms with Crippen LogP contribution in [0.25, 0.3) is 0 Å².